The quantitative estimate of drug-likeness (QED) is 0.297. The molecule has 2 atom stereocenters. The van der Waals surface area contributed by atoms with Gasteiger partial charge in [-0.25, -0.2) is 15.0 Å². The second kappa shape index (κ2) is 13.3. The van der Waals surface area contributed by atoms with Crippen LogP contribution >= 0.6 is 0 Å². The van der Waals surface area contributed by atoms with Gasteiger partial charge in [0, 0.05) is 49.2 Å². The first kappa shape index (κ1) is 26.7. The molecule has 1 aromatic carbocycles. The topological polar surface area (TPSA) is 120 Å². The highest BCUT2D eigenvalue weighted by molar-refractivity contribution is 5.72. The molecule has 10 heteroatoms. The van der Waals surface area contributed by atoms with Crippen LogP contribution in [0.5, 0.6) is 11.6 Å². The Morgan fingerprint density at radius 3 is 2.81 bits per heavy atom. The normalized spacial score (nSPS) is 15.9. The summed E-state index contributed by atoms with van der Waals surface area (Å²) in [5, 5.41) is 16.5. The van der Waals surface area contributed by atoms with Crippen molar-refractivity contribution in [2.24, 2.45) is 0 Å². The second-order valence-corrected chi connectivity index (χ2v) is 8.85. The molecular weight excluding hydrogens is 474 g/mol. The molecule has 0 aliphatic carbocycles. The molecule has 3 N–H and O–H groups in total. The number of methoxy groups -OCH3 is 1. The molecule has 37 heavy (non-hydrogen) atoms. The number of aliphatic hydroxyl groups excluding tert-OH is 1. The van der Waals surface area contributed by atoms with Crippen LogP contribution in [0.15, 0.2) is 42.6 Å². The zero-order valence-corrected chi connectivity index (χ0v) is 21.6. The van der Waals surface area contributed by atoms with Gasteiger partial charge in [-0.1, -0.05) is 12.1 Å². The van der Waals surface area contributed by atoms with E-state index in [1.165, 1.54) is 0 Å². The highest BCUT2D eigenvalue weighted by atomic mass is 16.5. The Morgan fingerprint density at radius 2 is 2.03 bits per heavy atom. The van der Waals surface area contributed by atoms with Gasteiger partial charge in [0.2, 0.25) is 5.88 Å². The van der Waals surface area contributed by atoms with Crippen molar-refractivity contribution in [2.75, 3.05) is 59.1 Å². The molecule has 0 saturated carbocycles. The van der Waals surface area contributed by atoms with Gasteiger partial charge in [0.1, 0.15) is 30.9 Å². The van der Waals surface area contributed by atoms with E-state index in [0.717, 1.165) is 41.2 Å². The number of nitrogens with zero attached hydrogens (tertiary/aromatic N) is 3. The van der Waals surface area contributed by atoms with Crippen LogP contribution in [0.2, 0.25) is 0 Å². The molecular formula is C27H35N5O5. The third-order valence-corrected chi connectivity index (χ3v) is 5.94. The van der Waals surface area contributed by atoms with E-state index in [-0.39, 0.29) is 12.6 Å². The van der Waals surface area contributed by atoms with Crippen molar-refractivity contribution in [1.82, 2.24) is 20.3 Å². The number of hydrogen-bond donors (Lipinski definition) is 3. The van der Waals surface area contributed by atoms with Crippen LogP contribution in [-0.2, 0) is 9.47 Å². The van der Waals surface area contributed by atoms with Crippen molar-refractivity contribution < 1.29 is 24.1 Å². The van der Waals surface area contributed by atoms with Crippen LogP contribution < -0.4 is 20.1 Å². The van der Waals surface area contributed by atoms with Crippen molar-refractivity contribution >= 4 is 5.82 Å². The van der Waals surface area contributed by atoms with Crippen LogP contribution in [-0.4, -0.2) is 85.9 Å². The van der Waals surface area contributed by atoms with Crippen molar-refractivity contribution in [1.29, 1.82) is 0 Å². The van der Waals surface area contributed by atoms with Gasteiger partial charge in [0.25, 0.3) is 0 Å². The molecule has 2 aromatic heterocycles. The Hall–Kier alpha value is -3.31. The van der Waals surface area contributed by atoms with Crippen molar-refractivity contribution in [3.8, 4) is 34.3 Å². The van der Waals surface area contributed by atoms with Gasteiger partial charge < -0.3 is 34.7 Å². The van der Waals surface area contributed by atoms with E-state index < -0.39 is 6.10 Å². The number of aromatic nitrogens is 3. The van der Waals surface area contributed by atoms with Crippen LogP contribution in [0, 0.1) is 6.92 Å². The largest absolute Gasteiger partial charge is 0.491 e. The molecule has 4 rings (SSSR count). The molecule has 198 valence electrons. The monoisotopic (exact) mass is 509 g/mol. The average molecular weight is 510 g/mol. The number of nitrogens with one attached hydrogen (secondary N) is 2. The Balaban J connectivity index is 1.67. The van der Waals surface area contributed by atoms with E-state index in [1.807, 2.05) is 43.3 Å². The number of pyridine rings is 1. The maximum Gasteiger partial charge on any atom is 0.213 e. The predicted molar refractivity (Wildman–Crippen MR) is 141 cm³/mol. The minimum Gasteiger partial charge on any atom is -0.491 e. The van der Waals surface area contributed by atoms with Gasteiger partial charge in [0.05, 0.1) is 24.9 Å². The molecule has 2 unspecified atom stereocenters. The van der Waals surface area contributed by atoms with E-state index in [2.05, 4.69) is 15.6 Å². The zero-order chi connectivity index (χ0) is 26.0. The van der Waals surface area contributed by atoms with Gasteiger partial charge >= 0.3 is 0 Å². The van der Waals surface area contributed by atoms with Gasteiger partial charge in [0.15, 0.2) is 5.82 Å². The molecule has 3 aromatic rings. The van der Waals surface area contributed by atoms with E-state index in [4.69, 9.17) is 28.9 Å². The maximum atomic E-state index is 10.00. The first-order chi connectivity index (χ1) is 18.1. The highest BCUT2D eigenvalue weighted by Crippen LogP contribution is 2.32. The standard InChI is InChI=1S/C27H35N5O5/c1-18-25(19-7-9-29-24(14-19)36-12-11-34-3)31-27(32-26(18)30-21-8-10-35-16-21)20-5-4-6-23(13-20)37-17-22(33)15-28-2/h4-7,9,13-14,21-22,28,33H,8,10-12,15-17H2,1-3H3,(H,30,31,32). The van der Waals surface area contributed by atoms with E-state index >= 15 is 0 Å². The molecule has 0 amide bonds. The van der Waals surface area contributed by atoms with Crippen LogP contribution in [0.3, 0.4) is 0 Å². The fraction of sp³-hybridized carbons (Fsp3) is 0.444. The second-order valence-electron chi connectivity index (χ2n) is 8.85. The lowest BCUT2D eigenvalue weighted by atomic mass is 10.1. The summed E-state index contributed by atoms with van der Waals surface area (Å²) in [6.45, 7) is 4.89. The molecule has 0 radical (unpaired) electrons. The number of likely N-dealkylation sites (N-methyl/N-ethyl adjacent to an activating group) is 1. The van der Waals surface area contributed by atoms with Gasteiger partial charge in [-0.05, 0) is 38.6 Å². The summed E-state index contributed by atoms with van der Waals surface area (Å²) in [5.41, 5.74) is 3.38. The third-order valence-electron chi connectivity index (χ3n) is 5.94. The molecule has 1 aliphatic rings. The summed E-state index contributed by atoms with van der Waals surface area (Å²) in [6, 6.07) is 11.5. The minimum absolute atomic E-state index is 0.182. The van der Waals surface area contributed by atoms with E-state index in [1.54, 1.807) is 20.4 Å². The number of rotatable bonds is 13. The lowest BCUT2D eigenvalue weighted by Crippen LogP contribution is -2.29. The number of benzene rings is 1. The number of hydrogen-bond acceptors (Lipinski definition) is 10. The molecule has 0 spiro atoms. The SMILES string of the molecule is CNCC(O)COc1cccc(-c2nc(NC3CCOC3)c(C)c(-c3ccnc(OCCOC)c3)n2)c1. The average Bonchev–Trinajstić information content (AvgIpc) is 3.42. The minimum atomic E-state index is -0.604. The van der Waals surface area contributed by atoms with Gasteiger partial charge in [-0.15, -0.1) is 0 Å². The van der Waals surface area contributed by atoms with Gasteiger partial charge in [-0.3, -0.25) is 0 Å². The van der Waals surface area contributed by atoms with Crippen LogP contribution in [0.4, 0.5) is 5.82 Å². The fourth-order valence-corrected chi connectivity index (χ4v) is 3.99. The summed E-state index contributed by atoms with van der Waals surface area (Å²) >= 11 is 0. The lowest BCUT2D eigenvalue weighted by molar-refractivity contribution is 0.108. The maximum absolute atomic E-state index is 10.00. The van der Waals surface area contributed by atoms with Crippen molar-refractivity contribution in [3.63, 3.8) is 0 Å². The summed E-state index contributed by atoms with van der Waals surface area (Å²) < 4.78 is 22.2. The molecule has 1 fully saturated rings. The summed E-state index contributed by atoms with van der Waals surface area (Å²) in [7, 11) is 3.42. The predicted octanol–water partition coefficient (Wildman–Crippen LogP) is 2.70. The number of aliphatic hydroxyl groups is 1. The summed E-state index contributed by atoms with van der Waals surface area (Å²) in [5.74, 6) is 2.45. The lowest BCUT2D eigenvalue weighted by Gasteiger charge is -2.18. The first-order valence-corrected chi connectivity index (χ1v) is 12.4. The van der Waals surface area contributed by atoms with Gasteiger partial charge in [-0.2, -0.15) is 0 Å². The van der Waals surface area contributed by atoms with Crippen LogP contribution in [0.1, 0.15) is 12.0 Å². The Kier molecular flexibility index (Phi) is 9.61. The molecule has 1 saturated heterocycles. The zero-order valence-electron chi connectivity index (χ0n) is 21.6. The summed E-state index contributed by atoms with van der Waals surface area (Å²) in [6.07, 6.45) is 2.02. The Labute approximate surface area is 217 Å². The molecule has 0 bridgehead atoms. The summed E-state index contributed by atoms with van der Waals surface area (Å²) in [4.78, 5) is 14.1. The third kappa shape index (κ3) is 7.36. The molecule has 3 heterocycles. The number of anilines is 1. The van der Waals surface area contributed by atoms with E-state index in [0.29, 0.717) is 43.8 Å². The van der Waals surface area contributed by atoms with Crippen molar-refractivity contribution in [2.45, 2.75) is 25.5 Å². The van der Waals surface area contributed by atoms with E-state index in [9.17, 15) is 5.11 Å². The Morgan fingerprint density at radius 1 is 1.14 bits per heavy atom. The Bertz CT molecular complexity index is 1160. The van der Waals surface area contributed by atoms with Crippen molar-refractivity contribution in [3.05, 3.63) is 48.2 Å². The first-order valence-electron chi connectivity index (χ1n) is 12.4. The fourth-order valence-electron chi connectivity index (χ4n) is 3.99. The molecule has 1 aliphatic heterocycles. The molecule has 10 nitrogen and oxygen atoms in total. The van der Waals surface area contributed by atoms with Crippen LogP contribution in [0.25, 0.3) is 22.6 Å². The smallest absolute Gasteiger partial charge is 0.213 e. The number of ether oxygens (including phenoxy) is 4. The highest BCUT2D eigenvalue weighted by Gasteiger charge is 2.20.